The molecule has 1 atom stereocenters. The number of benzene rings is 2. The number of carbonyl (C=O) groups excluding carboxylic acids is 2. The summed E-state index contributed by atoms with van der Waals surface area (Å²) in [6.07, 6.45) is 2.00. The van der Waals surface area contributed by atoms with Crippen molar-refractivity contribution in [2.75, 3.05) is 11.5 Å². The van der Waals surface area contributed by atoms with Crippen molar-refractivity contribution >= 4 is 40.6 Å². The number of Topliss-reactive ketones (excluding diaryl/α,β-unsaturated/α-hetero) is 1. The van der Waals surface area contributed by atoms with E-state index in [1.807, 2.05) is 37.3 Å². The molecule has 4 rings (SSSR count). The smallest absolute Gasteiger partial charge is 0.232 e. The summed E-state index contributed by atoms with van der Waals surface area (Å²) < 4.78 is 5.75. The Balaban J connectivity index is 1.89. The molecule has 0 radical (unpaired) electrons. The Labute approximate surface area is 180 Å². The molecule has 150 valence electrons. The number of halogens is 2. The molecule has 1 aliphatic carbocycles. The predicted molar refractivity (Wildman–Crippen MR) is 115 cm³/mol. The third kappa shape index (κ3) is 3.56. The fourth-order valence-electron chi connectivity index (χ4n) is 4.25. The van der Waals surface area contributed by atoms with Gasteiger partial charge in [0.2, 0.25) is 5.91 Å². The monoisotopic (exact) mass is 429 g/mol. The van der Waals surface area contributed by atoms with E-state index in [1.165, 1.54) is 0 Å². The number of hydrogen-bond acceptors (Lipinski definition) is 3. The first-order chi connectivity index (χ1) is 14.0. The number of anilines is 1. The molecule has 2 aliphatic rings. The zero-order valence-electron chi connectivity index (χ0n) is 16.1. The predicted octanol–water partition coefficient (Wildman–Crippen LogP) is 5.92. The molecule has 2 aromatic rings. The van der Waals surface area contributed by atoms with Crippen LogP contribution in [0.2, 0.25) is 10.0 Å². The molecule has 2 aromatic carbocycles. The molecule has 1 unspecified atom stereocenters. The second-order valence-corrected chi connectivity index (χ2v) is 7.95. The van der Waals surface area contributed by atoms with Crippen LogP contribution >= 0.6 is 23.2 Å². The van der Waals surface area contributed by atoms with Crippen LogP contribution in [0.15, 0.2) is 53.7 Å². The van der Waals surface area contributed by atoms with Crippen LogP contribution in [0.1, 0.15) is 44.1 Å². The molecule has 0 fully saturated rings. The Morgan fingerprint density at radius 2 is 1.86 bits per heavy atom. The van der Waals surface area contributed by atoms with E-state index in [1.54, 1.807) is 17.0 Å². The summed E-state index contributed by atoms with van der Waals surface area (Å²) in [4.78, 5) is 28.0. The number of allylic oxidation sites excluding steroid dienone is 2. The van der Waals surface area contributed by atoms with Gasteiger partial charge in [-0.1, -0.05) is 47.5 Å². The van der Waals surface area contributed by atoms with E-state index < -0.39 is 0 Å². The van der Waals surface area contributed by atoms with Gasteiger partial charge in [0.15, 0.2) is 5.78 Å². The molecule has 0 N–H and O–H groups in total. The van der Waals surface area contributed by atoms with Crippen molar-refractivity contribution in [2.45, 2.75) is 38.5 Å². The number of carbonyl (C=O) groups is 2. The largest absolute Gasteiger partial charge is 0.492 e. The first kappa shape index (κ1) is 20.0. The number of ketones is 1. The van der Waals surface area contributed by atoms with Crippen LogP contribution < -0.4 is 9.64 Å². The highest BCUT2D eigenvalue weighted by Gasteiger charge is 2.41. The maximum atomic E-state index is 13.3. The molecule has 1 heterocycles. The Morgan fingerprint density at radius 3 is 2.66 bits per heavy atom. The molecule has 6 heteroatoms. The van der Waals surface area contributed by atoms with Gasteiger partial charge in [0, 0.05) is 30.0 Å². The average Bonchev–Trinajstić information content (AvgIpc) is 2.71. The maximum absolute atomic E-state index is 13.3. The Kier molecular flexibility index (Phi) is 5.66. The van der Waals surface area contributed by atoms with Gasteiger partial charge in [0.05, 0.1) is 22.3 Å². The highest BCUT2D eigenvalue weighted by molar-refractivity contribution is 6.42. The molecular weight excluding hydrogens is 409 g/mol. The number of rotatable bonds is 4. The normalized spacial score (nSPS) is 19.4. The van der Waals surface area contributed by atoms with E-state index in [9.17, 15) is 9.59 Å². The molecule has 0 aromatic heterocycles. The van der Waals surface area contributed by atoms with Crippen molar-refractivity contribution in [3.8, 4) is 5.75 Å². The van der Waals surface area contributed by atoms with E-state index in [-0.39, 0.29) is 24.0 Å². The lowest BCUT2D eigenvalue weighted by Gasteiger charge is -2.39. The van der Waals surface area contributed by atoms with Crippen LogP contribution in [0.4, 0.5) is 5.69 Å². The van der Waals surface area contributed by atoms with Gasteiger partial charge < -0.3 is 4.74 Å². The SMILES string of the molecule is CCOc1ccccc1N1C(=O)CC(c2cccc(Cl)c2Cl)C2=C1CCCC2=O. The maximum Gasteiger partial charge on any atom is 0.232 e. The topological polar surface area (TPSA) is 46.6 Å². The van der Waals surface area contributed by atoms with Crippen molar-refractivity contribution in [3.63, 3.8) is 0 Å². The highest BCUT2D eigenvalue weighted by Crippen LogP contribution is 2.47. The van der Waals surface area contributed by atoms with Gasteiger partial charge in [-0.05, 0) is 43.5 Å². The van der Waals surface area contributed by atoms with Crippen LogP contribution in [0.5, 0.6) is 5.75 Å². The van der Waals surface area contributed by atoms with Gasteiger partial charge in [-0.3, -0.25) is 14.5 Å². The number of amides is 1. The van der Waals surface area contributed by atoms with Crippen molar-refractivity contribution in [1.29, 1.82) is 0 Å². The molecule has 1 aliphatic heterocycles. The van der Waals surface area contributed by atoms with Crippen molar-refractivity contribution < 1.29 is 14.3 Å². The van der Waals surface area contributed by atoms with Crippen LogP contribution in [-0.4, -0.2) is 18.3 Å². The fourth-order valence-corrected chi connectivity index (χ4v) is 4.69. The van der Waals surface area contributed by atoms with Gasteiger partial charge in [-0.15, -0.1) is 0 Å². The van der Waals surface area contributed by atoms with Gasteiger partial charge >= 0.3 is 0 Å². The van der Waals surface area contributed by atoms with E-state index in [0.717, 1.165) is 11.3 Å². The minimum atomic E-state index is -0.382. The zero-order chi connectivity index (χ0) is 20.5. The minimum absolute atomic E-state index is 0.0682. The number of hydrogen-bond donors (Lipinski definition) is 0. The lowest BCUT2D eigenvalue weighted by Crippen LogP contribution is -2.40. The summed E-state index contributed by atoms with van der Waals surface area (Å²) in [7, 11) is 0. The molecular formula is C23H21Cl2NO3. The van der Waals surface area contributed by atoms with Crippen LogP contribution in [0.25, 0.3) is 0 Å². The first-order valence-electron chi connectivity index (χ1n) is 9.77. The summed E-state index contributed by atoms with van der Waals surface area (Å²) in [5, 5.41) is 0.825. The summed E-state index contributed by atoms with van der Waals surface area (Å²) >= 11 is 12.7. The third-order valence-electron chi connectivity index (χ3n) is 5.44. The molecule has 4 nitrogen and oxygen atoms in total. The Bertz CT molecular complexity index is 1010. The van der Waals surface area contributed by atoms with Crippen molar-refractivity contribution in [1.82, 2.24) is 0 Å². The van der Waals surface area contributed by atoms with Gasteiger partial charge in [-0.2, -0.15) is 0 Å². The molecule has 0 bridgehead atoms. The zero-order valence-corrected chi connectivity index (χ0v) is 17.6. The lowest BCUT2D eigenvalue weighted by atomic mass is 9.77. The standard InChI is InChI=1S/C23H21Cl2NO3/c1-2-29-20-12-4-3-9-17(20)26-18-10-6-11-19(27)22(18)15(13-21(26)28)14-7-5-8-16(24)23(14)25/h3-5,7-9,12,15H,2,6,10-11,13H2,1H3. The number of para-hydroxylation sites is 2. The average molecular weight is 430 g/mol. The fraction of sp³-hybridized carbons (Fsp3) is 0.304. The molecule has 0 spiro atoms. The highest BCUT2D eigenvalue weighted by atomic mass is 35.5. The second-order valence-electron chi connectivity index (χ2n) is 7.17. The molecule has 29 heavy (non-hydrogen) atoms. The van der Waals surface area contributed by atoms with E-state index >= 15 is 0 Å². The second kappa shape index (κ2) is 8.21. The van der Waals surface area contributed by atoms with Gasteiger partial charge in [0.25, 0.3) is 0 Å². The number of ether oxygens (including phenoxy) is 1. The molecule has 1 amide bonds. The Morgan fingerprint density at radius 1 is 1.07 bits per heavy atom. The third-order valence-corrected chi connectivity index (χ3v) is 6.27. The molecule has 0 saturated carbocycles. The van der Waals surface area contributed by atoms with E-state index in [4.69, 9.17) is 27.9 Å². The minimum Gasteiger partial charge on any atom is -0.492 e. The summed E-state index contributed by atoms with van der Waals surface area (Å²) in [6, 6.07) is 12.8. The summed E-state index contributed by atoms with van der Waals surface area (Å²) in [5.74, 6) is 0.241. The summed E-state index contributed by atoms with van der Waals surface area (Å²) in [6.45, 7) is 2.39. The van der Waals surface area contributed by atoms with Gasteiger partial charge in [-0.25, -0.2) is 0 Å². The van der Waals surface area contributed by atoms with Crippen LogP contribution in [-0.2, 0) is 9.59 Å². The van der Waals surface area contributed by atoms with Crippen LogP contribution in [0, 0.1) is 0 Å². The lowest BCUT2D eigenvalue weighted by molar-refractivity contribution is -0.120. The summed E-state index contributed by atoms with van der Waals surface area (Å²) in [5.41, 5.74) is 2.84. The molecule has 0 saturated heterocycles. The van der Waals surface area contributed by atoms with Gasteiger partial charge in [0.1, 0.15) is 5.75 Å². The van der Waals surface area contributed by atoms with E-state index in [2.05, 4.69) is 0 Å². The van der Waals surface area contributed by atoms with Crippen LogP contribution in [0.3, 0.4) is 0 Å². The quantitative estimate of drug-likeness (QED) is 0.605. The van der Waals surface area contributed by atoms with Crippen molar-refractivity contribution in [2.24, 2.45) is 0 Å². The first-order valence-corrected chi connectivity index (χ1v) is 10.5. The number of nitrogens with zero attached hydrogens (tertiary/aromatic N) is 1. The van der Waals surface area contributed by atoms with Crippen molar-refractivity contribution in [3.05, 3.63) is 69.3 Å². The van der Waals surface area contributed by atoms with E-state index in [0.29, 0.717) is 52.9 Å². The Hall–Kier alpha value is -2.30.